The number of rotatable bonds is 7. The molecule has 5 nitrogen and oxygen atoms in total. The molecule has 2 aromatic rings. The molecular formula is C20H16Cl2O5. The maximum Gasteiger partial charge on any atom is 0.163 e. The maximum absolute atomic E-state index is 11.9. The molecule has 2 aromatic carbocycles. The van der Waals surface area contributed by atoms with Crippen LogP contribution in [0.25, 0.3) is 12.2 Å². The number of phenols is 2. The van der Waals surface area contributed by atoms with Crippen LogP contribution in [0.3, 0.4) is 0 Å². The zero-order valence-electron chi connectivity index (χ0n) is 14.3. The zero-order chi connectivity index (χ0) is 20.0. The average molecular weight is 407 g/mol. The van der Waals surface area contributed by atoms with Gasteiger partial charge in [-0.2, -0.15) is 0 Å². The van der Waals surface area contributed by atoms with Gasteiger partial charge >= 0.3 is 0 Å². The number of hydrogen-bond donors (Lipinski definition) is 2. The third kappa shape index (κ3) is 5.88. The van der Waals surface area contributed by atoms with E-state index in [0.29, 0.717) is 10.6 Å². The molecule has 0 spiro atoms. The van der Waals surface area contributed by atoms with Crippen LogP contribution in [0.2, 0.25) is 10.0 Å². The van der Waals surface area contributed by atoms with Crippen LogP contribution in [0, 0.1) is 0 Å². The Morgan fingerprint density at radius 1 is 1.04 bits per heavy atom. The van der Waals surface area contributed by atoms with Crippen LogP contribution < -0.4 is 4.74 Å². The van der Waals surface area contributed by atoms with Crippen molar-refractivity contribution in [3.8, 4) is 17.2 Å². The van der Waals surface area contributed by atoms with E-state index in [2.05, 4.69) is 0 Å². The van der Waals surface area contributed by atoms with E-state index >= 15 is 0 Å². The van der Waals surface area contributed by atoms with E-state index in [-0.39, 0.29) is 34.3 Å². The zero-order valence-corrected chi connectivity index (χ0v) is 15.8. The number of carbonyl (C=O) groups excluding carboxylic acids is 2. The summed E-state index contributed by atoms with van der Waals surface area (Å²) in [6.45, 7) is 0. The molecule has 0 radical (unpaired) electrons. The number of methoxy groups -OCH3 is 1. The number of ketones is 2. The first-order valence-corrected chi connectivity index (χ1v) is 8.52. The summed E-state index contributed by atoms with van der Waals surface area (Å²) in [5.74, 6) is -0.764. The lowest BCUT2D eigenvalue weighted by Gasteiger charge is -2.03. The molecule has 0 aliphatic heterocycles. The van der Waals surface area contributed by atoms with Crippen LogP contribution in [0.1, 0.15) is 17.5 Å². The monoisotopic (exact) mass is 406 g/mol. The first-order valence-electron chi connectivity index (χ1n) is 7.77. The van der Waals surface area contributed by atoms with Crippen molar-refractivity contribution in [1.29, 1.82) is 0 Å². The van der Waals surface area contributed by atoms with Crippen LogP contribution in [0.15, 0.2) is 42.5 Å². The summed E-state index contributed by atoms with van der Waals surface area (Å²) >= 11 is 11.7. The van der Waals surface area contributed by atoms with Gasteiger partial charge in [-0.3, -0.25) is 9.59 Å². The van der Waals surface area contributed by atoms with Gasteiger partial charge in [0.1, 0.15) is 5.75 Å². The van der Waals surface area contributed by atoms with Crippen molar-refractivity contribution < 1.29 is 24.5 Å². The van der Waals surface area contributed by atoms with E-state index in [1.165, 1.54) is 49.6 Å². The van der Waals surface area contributed by atoms with Gasteiger partial charge < -0.3 is 14.9 Å². The predicted octanol–water partition coefficient (Wildman–Crippen LogP) is 4.67. The molecule has 0 amide bonds. The van der Waals surface area contributed by atoms with E-state index < -0.39 is 11.6 Å². The highest BCUT2D eigenvalue weighted by Crippen LogP contribution is 2.32. The summed E-state index contributed by atoms with van der Waals surface area (Å²) in [5.41, 5.74) is 0.916. The summed E-state index contributed by atoms with van der Waals surface area (Å²) in [6.07, 6.45) is 4.97. The highest BCUT2D eigenvalue weighted by atomic mass is 35.5. The van der Waals surface area contributed by atoms with Gasteiger partial charge in [0.2, 0.25) is 0 Å². The molecule has 0 saturated heterocycles. The number of ether oxygens (including phenoxy) is 1. The quantitative estimate of drug-likeness (QED) is 0.515. The topological polar surface area (TPSA) is 83.8 Å². The Balaban J connectivity index is 2.00. The molecule has 0 heterocycles. The Morgan fingerprint density at radius 2 is 1.70 bits per heavy atom. The summed E-state index contributed by atoms with van der Waals surface area (Å²) in [7, 11) is 1.42. The molecule has 0 unspecified atom stereocenters. The van der Waals surface area contributed by atoms with Gasteiger partial charge in [-0.1, -0.05) is 35.3 Å². The molecule has 0 atom stereocenters. The van der Waals surface area contributed by atoms with E-state index in [1.807, 2.05) is 0 Å². The first kappa shape index (κ1) is 20.6. The van der Waals surface area contributed by atoms with E-state index in [1.54, 1.807) is 12.1 Å². The molecule has 0 aliphatic rings. The second kappa shape index (κ2) is 9.26. The number of aromatic hydroxyl groups is 2. The highest BCUT2D eigenvalue weighted by Gasteiger charge is 2.08. The minimum Gasteiger partial charge on any atom is -0.506 e. The molecular weight excluding hydrogens is 391 g/mol. The molecule has 2 N–H and O–H groups in total. The highest BCUT2D eigenvalue weighted by molar-refractivity contribution is 6.35. The Kier molecular flexibility index (Phi) is 7.05. The van der Waals surface area contributed by atoms with Crippen molar-refractivity contribution in [2.45, 2.75) is 6.42 Å². The average Bonchev–Trinajstić information content (AvgIpc) is 2.62. The SMILES string of the molecule is COc1cc(/C=C/C(=O)CC(=O)/C=C/c2cc(Cl)cc(Cl)c2O)ccc1O. The summed E-state index contributed by atoms with van der Waals surface area (Å²) in [4.78, 5) is 23.8. The second-order valence-electron chi connectivity index (χ2n) is 5.53. The fraction of sp³-hybridized carbons (Fsp3) is 0.100. The van der Waals surface area contributed by atoms with Crippen molar-refractivity contribution in [3.05, 3.63) is 63.7 Å². The summed E-state index contributed by atoms with van der Waals surface area (Å²) < 4.78 is 4.99. The molecule has 27 heavy (non-hydrogen) atoms. The van der Waals surface area contributed by atoms with Crippen molar-refractivity contribution in [3.63, 3.8) is 0 Å². The maximum atomic E-state index is 11.9. The van der Waals surface area contributed by atoms with E-state index in [4.69, 9.17) is 27.9 Å². The fourth-order valence-corrected chi connectivity index (χ4v) is 2.68. The Bertz CT molecular complexity index is 932. The third-order valence-corrected chi connectivity index (χ3v) is 4.03. The van der Waals surface area contributed by atoms with Gasteiger partial charge in [-0.05, 0) is 48.1 Å². The number of hydrogen-bond acceptors (Lipinski definition) is 5. The van der Waals surface area contributed by atoms with Gasteiger partial charge in [0, 0.05) is 10.6 Å². The van der Waals surface area contributed by atoms with Crippen LogP contribution >= 0.6 is 23.2 Å². The standard InChI is InChI=1S/C20H16Cl2O5/c1-27-19-8-12(3-7-18(19)25)2-5-15(23)11-16(24)6-4-13-9-14(21)10-17(22)20(13)26/h2-10,25-26H,11H2,1H3/b5-2+,6-4+. The van der Waals surface area contributed by atoms with Crippen molar-refractivity contribution in [1.82, 2.24) is 0 Å². The van der Waals surface area contributed by atoms with Gasteiger partial charge in [0.05, 0.1) is 18.6 Å². The molecule has 0 fully saturated rings. The molecule has 140 valence electrons. The normalized spacial score (nSPS) is 11.2. The number of allylic oxidation sites excluding steroid dienone is 2. The van der Waals surface area contributed by atoms with Crippen LogP contribution in [0.5, 0.6) is 17.2 Å². The predicted molar refractivity (Wildman–Crippen MR) is 105 cm³/mol. The fourth-order valence-electron chi connectivity index (χ4n) is 2.17. The Hall–Kier alpha value is -2.76. The minimum atomic E-state index is -0.441. The van der Waals surface area contributed by atoms with Gasteiger partial charge in [-0.15, -0.1) is 0 Å². The van der Waals surface area contributed by atoms with Crippen molar-refractivity contribution in [2.24, 2.45) is 0 Å². The molecule has 0 saturated carbocycles. The number of carbonyl (C=O) groups is 2. The van der Waals surface area contributed by atoms with Crippen LogP contribution in [0.4, 0.5) is 0 Å². The molecule has 7 heteroatoms. The number of halogens is 2. The lowest BCUT2D eigenvalue weighted by molar-refractivity contribution is -0.121. The van der Waals surface area contributed by atoms with Crippen LogP contribution in [-0.4, -0.2) is 28.9 Å². The lowest BCUT2D eigenvalue weighted by Crippen LogP contribution is -2.01. The Morgan fingerprint density at radius 3 is 2.37 bits per heavy atom. The van der Waals surface area contributed by atoms with E-state index in [0.717, 1.165) is 0 Å². The number of phenolic OH excluding ortho intramolecular Hbond substituents is 2. The molecule has 2 rings (SSSR count). The summed E-state index contributed by atoms with van der Waals surface area (Å²) in [6, 6.07) is 7.44. The van der Waals surface area contributed by atoms with Crippen molar-refractivity contribution in [2.75, 3.05) is 7.11 Å². The molecule has 0 aromatic heterocycles. The smallest absolute Gasteiger partial charge is 0.163 e. The lowest BCUT2D eigenvalue weighted by atomic mass is 10.1. The third-order valence-electron chi connectivity index (χ3n) is 3.52. The van der Waals surface area contributed by atoms with E-state index in [9.17, 15) is 19.8 Å². The van der Waals surface area contributed by atoms with Gasteiger partial charge in [0.15, 0.2) is 23.1 Å². The minimum absolute atomic E-state index is 0.00865. The van der Waals surface area contributed by atoms with Crippen LogP contribution in [-0.2, 0) is 9.59 Å². The second-order valence-corrected chi connectivity index (χ2v) is 6.38. The Labute approximate surface area is 166 Å². The summed E-state index contributed by atoms with van der Waals surface area (Å²) in [5, 5.41) is 19.7. The first-order chi connectivity index (χ1) is 12.8. The van der Waals surface area contributed by atoms with Crippen molar-refractivity contribution >= 4 is 46.9 Å². The van der Waals surface area contributed by atoms with Gasteiger partial charge in [0.25, 0.3) is 0 Å². The number of benzene rings is 2. The molecule has 0 aliphatic carbocycles. The molecule has 0 bridgehead atoms. The van der Waals surface area contributed by atoms with Gasteiger partial charge in [-0.25, -0.2) is 0 Å². The largest absolute Gasteiger partial charge is 0.506 e.